The number of aldehydes is 1. The van der Waals surface area contributed by atoms with Crippen LogP contribution in [0.25, 0.3) is 0 Å². The molecule has 1 heterocycles. The molecule has 4 heteroatoms. The number of rotatable bonds is 1. The quantitative estimate of drug-likeness (QED) is 0.612. The number of hydrogen-bond donors (Lipinski definition) is 1. The molecule has 0 saturated carbocycles. The van der Waals surface area contributed by atoms with E-state index in [1.54, 1.807) is 0 Å². The summed E-state index contributed by atoms with van der Waals surface area (Å²) in [5.74, 6) is 0. The van der Waals surface area contributed by atoms with Gasteiger partial charge in [-0.05, 0) is 45.2 Å². The highest BCUT2D eigenvalue weighted by Gasteiger charge is 2.02. The minimum atomic E-state index is 0.667. The van der Waals surface area contributed by atoms with Gasteiger partial charge in [-0.1, -0.05) is 0 Å². The summed E-state index contributed by atoms with van der Waals surface area (Å²) in [4.78, 5) is 13.0. The van der Waals surface area contributed by atoms with Crippen molar-refractivity contribution in [1.29, 1.82) is 0 Å². The number of aromatic nitrogens is 1. The Balaban J connectivity index is 3.18. The smallest absolute Gasteiger partial charge is 0.167 e. The predicted molar refractivity (Wildman–Crippen MR) is 51.6 cm³/mol. The lowest BCUT2D eigenvalue weighted by atomic mass is 10.5. The van der Waals surface area contributed by atoms with Gasteiger partial charge < -0.3 is 4.98 Å². The van der Waals surface area contributed by atoms with Crippen molar-refractivity contribution in [1.82, 2.24) is 4.98 Å². The molecule has 0 fully saturated rings. The van der Waals surface area contributed by atoms with E-state index in [0.29, 0.717) is 5.69 Å². The maximum Gasteiger partial charge on any atom is 0.167 e. The number of hydrogen-bond acceptors (Lipinski definition) is 1. The first-order valence-electron chi connectivity index (χ1n) is 2.23. The molecule has 0 amide bonds. The van der Waals surface area contributed by atoms with Gasteiger partial charge in [-0.15, -0.1) is 0 Å². The van der Waals surface area contributed by atoms with Crippen molar-refractivity contribution >= 4 is 51.5 Å². The SMILES string of the molecule is O=Cc1[nH]cc(I)c1I. The third-order valence-corrected chi connectivity index (χ3v) is 3.96. The van der Waals surface area contributed by atoms with E-state index in [1.807, 2.05) is 6.20 Å². The molecule has 0 unspecified atom stereocenters. The Morgan fingerprint density at radius 2 is 2.22 bits per heavy atom. The van der Waals surface area contributed by atoms with Crippen molar-refractivity contribution < 1.29 is 4.79 Å². The minimum absolute atomic E-state index is 0.667. The topological polar surface area (TPSA) is 32.9 Å². The van der Waals surface area contributed by atoms with Crippen molar-refractivity contribution in [3.63, 3.8) is 0 Å². The van der Waals surface area contributed by atoms with Crippen LogP contribution in [0.15, 0.2) is 6.20 Å². The number of halogens is 2. The van der Waals surface area contributed by atoms with Crippen molar-refractivity contribution in [2.45, 2.75) is 0 Å². The number of aromatic amines is 1. The maximum absolute atomic E-state index is 10.2. The van der Waals surface area contributed by atoms with E-state index in [-0.39, 0.29) is 0 Å². The van der Waals surface area contributed by atoms with Gasteiger partial charge in [0, 0.05) is 9.77 Å². The first kappa shape index (κ1) is 7.52. The lowest BCUT2D eigenvalue weighted by Gasteiger charge is -1.82. The molecule has 1 aromatic heterocycles. The first-order chi connectivity index (χ1) is 4.25. The van der Waals surface area contributed by atoms with Crippen LogP contribution >= 0.6 is 45.2 Å². The Morgan fingerprint density at radius 1 is 1.56 bits per heavy atom. The fraction of sp³-hybridized carbons (Fsp3) is 0. The van der Waals surface area contributed by atoms with E-state index in [1.165, 1.54) is 0 Å². The molecule has 0 saturated heterocycles. The zero-order valence-electron chi connectivity index (χ0n) is 4.32. The molecule has 0 aliphatic rings. The van der Waals surface area contributed by atoms with Crippen LogP contribution in [0.2, 0.25) is 0 Å². The molecule has 0 radical (unpaired) electrons. The number of nitrogens with one attached hydrogen (secondary N) is 1. The van der Waals surface area contributed by atoms with Gasteiger partial charge in [-0.25, -0.2) is 0 Å². The average Bonchev–Trinajstić information content (AvgIpc) is 2.15. The fourth-order valence-corrected chi connectivity index (χ4v) is 1.37. The van der Waals surface area contributed by atoms with Crippen LogP contribution in [0.3, 0.4) is 0 Å². The summed E-state index contributed by atoms with van der Waals surface area (Å²) in [5.41, 5.74) is 0.667. The van der Waals surface area contributed by atoms with Crippen molar-refractivity contribution in [2.75, 3.05) is 0 Å². The third kappa shape index (κ3) is 1.46. The normalized spacial score (nSPS) is 9.56. The van der Waals surface area contributed by atoms with E-state index in [4.69, 9.17) is 0 Å². The summed E-state index contributed by atoms with van der Waals surface area (Å²) in [7, 11) is 0. The highest BCUT2D eigenvalue weighted by molar-refractivity contribution is 14.1. The molecule has 1 N–H and O–H groups in total. The molecule has 0 aliphatic carbocycles. The first-order valence-corrected chi connectivity index (χ1v) is 4.39. The van der Waals surface area contributed by atoms with E-state index in [9.17, 15) is 4.79 Å². The number of carbonyl (C=O) groups excluding carboxylic acids is 1. The molecular formula is C5H3I2NO. The molecule has 1 aromatic rings. The molecular weight excluding hydrogens is 344 g/mol. The van der Waals surface area contributed by atoms with Crippen LogP contribution in [0.1, 0.15) is 10.5 Å². The van der Waals surface area contributed by atoms with Gasteiger partial charge in [0.05, 0.1) is 9.26 Å². The van der Waals surface area contributed by atoms with E-state index < -0.39 is 0 Å². The Labute approximate surface area is 79.7 Å². The molecule has 0 aliphatic heterocycles. The predicted octanol–water partition coefficient (Wildman–Crippen LogP) is 2.04. The number of carbonyl (C=O) groups is 1. The van der Waals surface area contributed by atoms with Gasteiger partial charge in [0.15, 0.2) is 6.29 Å². The Kier molecular flexibility index (Phi) is 2.50. The second-order valence-electron chi connectivity index (χ2n) is 1.48. The van der Waals surface area contributed by atoms with Crippen LogP contribution in [-0.4, -0.2) is 11.3 Å². The zero-order valence-corrected chi connectivity index (χ0v) is 8.63. The van der Waals surface area contributed by atoms with Crippen LogP contribution in [0.4, 0.5) is 0 Å². The Hall–Kier alpha value is 0.410. The summed E-state index contributed by atoms with van der Waals surface area (Å²) in [6.07, 6.45) is 2.63. The summed E-state index contributed by atoms with van der Waals surface area (Å²) in [6.45, 7) is 0. The number of H-pyrrole nitrogens is 1. The Bertz CT molecular complexity index is 231. The van der Waals surface area contributed by atoms with Crippen molar-refractivity contribution in [3.05, 3.63) is 19.0 Å². The zero-order chi connectivity index (χ0) is 6.85. The van der Waals surface area contributed by atoms with Gasteiger partial charge in [0.2, 0.25) is 0 Å². The standard InChI is InChI=1S/C5H3I2NO/c6-3-1-8-4(2-9)5(3)7/h1-2,8H. The monoisotopic (exact) mass is 347 g/mol. The molecule has 9 heavy (non-hydrogen) atoms. The minimum Gasteiger partial charge on any atom is -0.357 e. The van der Waals surface area contributed by atoms with Gasteiger partial charge in [0.1, 0.15) is 0 Å². The summed E-state index contributed by atoms with van der Waals surface area (Å²) < 4.78 is 2.10. The average molecular weight is 347 g/mol. The highest BCUT2D eigenvalue weighted by atomic mass is 127. The van der Waals surface area contributed by atoms with Crippen LogP contribution in [-0.2, 0) is 0 Å². The van der Waals surface area contributed by atoms with Gasteiger partial charge >= 0.3 is 0 Å². The van der Waals surface area contributed by atoms with E-state index in [2.05, 4.69) is 50.2 Å². The van der Waals surface area contributed by atoms with Gasteiger partial charge in [-0.3, -0.25) is 4.79 Å². The lowest BCUT2D eigenvalue weighted by molar-refractivity contribution is 0.111. The second kappa shape index (κ2) is 3.00. The summed E-state index contributed by atoms with van der Waals surface area (Å²) in [6, 6.07) is 0. The molecule has 0 bridgehead atoms. The summed E-state index contributed by atoms with van der Waals surface area (Å²) in [5, 5.41) is 0. The molecule has 2 nitrogen and oxygen atoms in total. The molecule has 48 valence electrons. The second-order valence-corrected chi connectivity index (χ2v) is 3.72. The van der Waals surface area contributed by atoms with Crippen molar-refractivity contribution in [2.24, 2.45) is 0 Å². The van der Waals surface area contributed by atoms with Crippen LogP contribution in [0.5, 0.6) is 0 Å². The van der Waals surface area contributed by atoms with E-state index in [0.717, 1.165) is 13.4 Å². The van der Waals surface area contributed by atoms with Crippen molar-refractivity contribution in [3.8, 4) is 0 Å². The molecule has 1 rings (SSSR count). The van der Waals surface area contributed by atoms with Crippen LogP contribution < -0.4 is 0 Å². The molecule has 0 spiro atoms. The Morgan fingerprint density at radius 3 is 2.44 bits per heavy atom. The maximum atomic E-state index is 10.2. The highest BCUT2D eigenvalue weighted by Crippen LogP contribution is 2.16. The molecule has 0 atom stereocenters. The van der Waals surface area contributed by atoms with Gasteiger partial charge in [0.25, 0.3) is 0 Å². The lowest BCUT2D eigenvalue weighted by Crippen LogP contribution is -1.80. The van der Waals surface area contributed by atoms with Gasteiger partial charge in [-0.2, -0.15) is 0 Å². The largest absolute Gasteiger partial charge is 0.357 e. The fourth-order valence-electron chi connectivity index (χ4n) is 0.482. The van der Waals surface area contributed by atoms with Crippen LogP contribution in [0, 0.1) is 7.14 Å². The summed E-state index contributed by atoms with van der Waals surface area (Å²) >= 11 is 4.30. The third-order valence-electron chi connectivity index (χ3n) is 0.918. The van der Waals surface area contributed by atoms with E-state index >= 15 is 0 Å². The molecule has 0 aromatic carbocycles.